The Morgan fingerprint density at radius 1 is 1.31 bits per heavy atom. The maximum Gasteiger partial charge on any atom is 0.143 e. The van der Waals surface area contributed by atoms with E-state index in [4.69, 9.17) is 0 Å². The van der Waals surface area contributed by atoms with Gasteiger partial charge in [-0.25, -0.2) is 0 Å². The molecule has 16 heavy (non-hydrogen) atoms. The first kappa shape index (κ1) is 10.7. The lowest BCUT2D eigenvalue weighted by Gasteiger charge is -2.21. The Bertz CT molecular complexity index is 444. The van der Waals surface area contributed by atoms with Crippen molar-refractivity contribution in [3.63, 3.8) is 0 Å². The first-order chi connectivity index (χ1) is 7.63. The highest BCUT2D eigenvalue weighted by molar-refractivity contribution is 5.29. The number of nitrogens with zero attached hydrogens (tertiary/aromatic N) is 5. The highest BCUT2D eigenvalue weighted by atomic mass is 15.5. The molecule has 5 heteroatoms. The van der Waals surface area contributed by atoms with Crippen LogP contribution >= 0.6 is 0 Å². The molecule has 0 radical (unpaired) electrons. The molecule has 2 aromatic heterocycles. The smallest absolute Gasteiger partial charge is 0.143 e. The van der Waals surface area contributed by atoms with Crippen molar-refractivity contribution in [3.8, 4) is 5.69 Å². The van der Waals surface area contributed by atoms with Crippen molar-refractivity contribution in [2.45, 2.75) is 32.6 Å². The van der Waals surface area contributed by atoms with Crippen LogP contribution in [-0.4, -0.2) is 25.2 Å². The molecule has 5 nitrogen and oxygen atoms in total. The van der Waals surface area contributed by atoms with E-state index in [9.17, 15) is 0 Å². The van der Waals surface area contributed by atoms with Crippen molar-refractivity contribution in [2.24, 2.45) is 0 Å². The summed E-state index contributed by atoms with van der Waals surface area (Å²) in [4.78, 5) is 4.46. The summed E-state index contributed by atoms with van der Waals surface area (Å²) in [6.45, 7) is 6.54. The molecule has 0 unspecified atom stereocenters. The average Bonchev–Trinajstić information content (AvgIpc) is 2.83. The Balaban J connectivity index is 2.30. The molecule has 0 bridgehead atoms. The van der Waals surface area contributed by atoms with Gasteiger partial charge in [0.15, 0.2) is 0 Å². The predicted octanol–water partition coefficient (Wildman–Crippen LogP) is 1.74. The Kier molecular flexibility index (Phi) is 2.68. The zero-order chi connectivity index (χ0) is 11.6. The third-order valence-corrected chi connectivity index (χ3v) is 2.94. The van der Waals surface area contributed by atoms with E-state index in [2.05, 4.69) is 41.3 Å². The molecule has 0 saturated heterocycles. The summed E-state index contributed by atoms with van der Waals surface area (Å²) in [5.74, 6) is 0. The Labute approximate surface area is 94.5 Å². The molecular formula is C11H15N5. The molecule has 0 fully saturated rings. The normalized spacial score (nSPS) is 11.7. The van der Waals surface area contributed by atoms with Gasteiger partial charge in [-0.2, -0.15) is 4.68 Å². The summed E-state index contributed by atoms with van der Waals surface area (Å²) in [6.07, 6.45) is 4.41. The SMILES string of the molecule is CCC(C)(C)c1ccc(-n2cnnn2)cn1. The molecular weight excluding hydrogens is 202 g/mol. The van der Waals surface area contributed by atoms with Gasteiger partial charge in [-0.05, 0) is 29.0 Å². The maximum absolute atomic E-state index is 4.46. The van der Waals surface area contributed by atoms with Gasteiger partial charge in [-0.1, -0.05) is 20.8 Å². The van der Waals surface area contributed by atoms with E-state index in [0.29, 0.717) is 0 Å². The number of pyridine rings is 1. The lowest BCUT2D eigenvalue weighted by atomic mass is 9.86. The number of aromatic nitrogens is 5. The highest BCUT2D eigenvalue weighted by Crippen LogP contribution is 2.24. The Morgan fingerprint density at radius 2 is 2.12 bits per heavy atom. The molecule has 2 aromatic rings. The number of rotatable bonds is 3. The van der Waals surface area contributed by atoms with Gasteiger partial charge in [0.1, 0.15) is 6.33 Å². The largest absolute Gasteiger partial charge is 0.258 e. The lowest BCUT2D eigenvalue weighted by Crippen LogP contribution is -2.17. The fourth-order valence-corrected chi connectivity index (χ4v) is 1.38. The standard InChI is InChI=1S/C11H15N5/c1-4-11(2,3)10-6-5-9(7-12-10)16-8-13-14-15-16/h5-8H,4H2,1-3H3. The quantitative estimate of drug-likeness (QED) is 0.785. The summed E-state index contributed by atoms with van der Waals surface area (Å²) in [6, 6.07) is 4.01. The van der Waals surface area contributed by atoms with Gasteiger partial charge in [0, 0.05) is 11.1 Å². The van der Waals surface area contributed by atoms with Crippen LogP contribution in [0.5, 0.6) is 0 Å². The van der Waals surface area contributed by atoms with Crippen molar-refractivity contribution in [1.29, 1.82) is 0 Å². The van der Waals surface area contributed by atoms with Crippen molar-refractivity contribution in [1.82, 2.24) is 25.2 Å². The Hall–Kier alpha value is -1.78. The second kappa shape index (κ2) is 4.00. The second-order valence-corrected chi connectivity index (χ2v) is 4.39. The van der Waals surface area contributed by atoms with Gasteiger partial charge in [0.25, 0.3) is 0 Å². The molecule has 0 aliphatic carbocycles. The van der Waals surface area contributed by atoms with E-state index in [-0.39, 0.29) is 5.41 Å². The van der Waals surface area contributed by atoms with E-state index in [1.165, 1.54) is 0 Å². The van der Waals surface area contributed by atoms with E-state index in [0.717, 1.165) is 17.8 Å². The van der Waals surface area contributed by atoms with E-state index < -0.39 is 0 Å². The number of tetrazole rings is 1. The van der Waals surface area contributed by atoms with Crippen LogP contribution in [0, 0.1) is 0 Å². The average molecular weight is 217 g/mol. The molecule has 2 rings (SSSR count). The molecule has 0 saturated carbocycles. The van der Waals surface area contributed by atoms with Crippen LogP contribution in [0.4, 0.5) is 0 Å². The van der Waals surface area contributed by atoms with Crippen molar-refractivity contribution < 1.29 is 0 Å². The molecule has 0 atom stereocenters. The zero-order valence-corrected chi connectivity index (χ0v) is 9.75. The first-order valence-corrected chi connectivity index (χ1v) is 5.33. The van der Waals surface area contributed by atoms with Crippen LogP contribution < -0.4 is 0 Å². The van der Waals surface area contributed by atoms with Gasteiger partial charge in [0.2, 0.25) is 0 Å². The first-order valence-electron chi connectivity index (χ1n) is 5.33. The third-order valence-electron chi connectivity index (χ3n) is 2.94. The summed E-state index contributed by atoms with van der Waals surface area (Å²) in [5, 5.41) is 11.0. The van der Waals surface area contributed by atoms with E-state index in [1.807, 2.05) is 12.1 Å². The molecule has 0 N–H and O–H groups in total. The van der Waals surface area contributed by atoms with E-state index in [1.54, 1.807) is 17.2 Å². The monoisotopic (exact) mass is 217 g/mol. The minimum absolute atomic E-state index is 0.110. The summed E-state index contributed by atoms with van der Waals surface area (Å²) in [5.41, 5.74) is 2.08. The minimum atomic E-state index is 0.110. The fourth-order valence-electron chi connectivity index (χ4n) is 1.38. The fraction of sp³-hybridized carbons (Fsp3) is 0.455. The summed E-state index contributed by atoms with van der Waals surface area (Å²) >= 11 is 0. The van der Waals surface area contributed by atoms with Crippen LogP contribution in [0.1, 0.15) is 32.9 Å². The van der Waals surface area contributed by atoms with E-state index >= 15 is 0 Å². The molecule has 0 aliphatic rings. The van der Waals surface area contributed by atoms with Crippen molar-refractivity contribution in [3.05, 3.63) is 30.4 Å². The molecule has 0 spiro atoms. The van der Waals surface area contributed by atoms with Crippen molar-refractivity contribution >= 4 is 0 Å². The lowest BCUT2D eigenvalue weighted by molar-refractivity contribution is 0.490. The maximum atomic E-state index is 4.46. The predicted molar refractivity (Wildman–Crippen MR) is 60.3 cm³/mol. The zero-order valence-electron chi connectivity index (χ0n) is 9.75. The van der Waals surface area contributed by atoms with Gasteiger partial charge >= 0.3 is 0 Å². The molecule has 2 heterocycles. The highest BCUT2D eigenvalue weighted by Gasteiger charge is 2.19. The summed E-state index contributed by atoms with van der Waals surface area (Å²) < 4.78 is 1.59. The number of hydrogen-bond acceptors (Lipinski definition) is 4. The van der Waals surface area contributed by atoms with Crippen molar-refractivity contribution in [2.75, 3.05) is 0 Å². The number of hydrogen-bond donors (Lipinski definition) is 0. The van der Waals surface area contributed by atoms with Crippen LogP contribution in [0.25, 0.3) is 5.69 Å². The second-order valence-electron chi connectivity index (χ2n) is 4.39. The Morgan fingerprint density at radius 3 is 2.62 bits per heavy atom. The third kappa shape index (κ3) is 1.93. The molecule has 84 valence electrons. The van der Waals surface area contributed by atoms with Crippen LogP contribution in [0.15, 0.2) is 24.7 Å². The summed E-state index contributed by atoms with van der Waals surface area (Å²) in [7, 11) is 0. The van der Waals surface area contributed by atoms with Gasteiger partial charge in [-0.3, -0.25) is 4.98 Å². The van der Waals surface area contributed by atoms with Crippen LogP contribution in [-0.2, 0) is 5.41 Å². The van der Waals surface area contributed by atoms with Crippen LogP contribution in [0.2, 0.25) is 0 Å². The van der Waals surface area contributed by atoms with Gasteiger partial charge in [0.05, 0.1) is 11.9 Å². The van der Waals surface area contributed by atoms with Gasteiger partial charge in [-0.15, -0.1) is 5.10 Å². The van der Waals surface area contributed by atoms with Crippen LogP contribution in [0.3, 0.4) is 0 Å². The molecule has 0 aliphatic heterocycles. The topological polar surface area (TPSA) is 56.5 Å². The van der Waals surface area contributed by atoms with Gasteiger partial charge < -0.3 is 0 Å². The molecule has 0 amide bonds. The minimum Gasteiger partial charge on any atom is -0.258 e. The molecule has 0 aromatic carbocycles.